The molecular weight excluding hydrogens is 196 g/mol. The summed E-state index contributed by atoms with van der Waals surface area (Å²) in [4.78, 5) is 0. The molecule has 0 saturated carbocycles. The molecule has 0 spiro atoms. The zero-order valence-corrected chi connectivity index (χ0v) is 10.6. The molecule has 2 rings (SSSR count). The van der Waals surface area contributed by atoms with Gasteiger partial charge in [-0.1, -0.05) is 29.3 Å². The van der Waals surface area contributed by atoms with Crippen LogP contribution in [0.1, 0.15) is 30.0 Å². The Hall–Kier alpha value is -0.860. The summed E-state index contributed by atoms with van der Waals surface area (Å²) < 4.78 is 0. The van der Waals surface area contributed by atoms with Crippen LogP contribution in [0.2, 0.25) is 0 Å². The van der Waals surface area contributed by atoms with Gasteiger partial charge in [0.25, 0.3) is 0 Å². The van der Waals surface area contributed by atoms with Gasteiger partial charge < -0.3 is 10.6 Å². The van der Waals surface area contributed by atoms with Crippen LogP contribution in [0.5, 0.6) is 0 Å². The van der Waals surface area contributed by atoms with Gasteiger partial charge >= 0.3 is 0 Å². The van der Waals surface area contributed by atoms with Crippen molar-refractivity contribution in [1.82, 2.24) is 10.6 Å². The zero-order valence-electron chi connectivity index (χ0n) is 10.6. The molecule has 0 bridgehead atoms. The highest BCUT2D eigenvalue weighted by atomic mass is 15.1. The molecule has 2 nitrogen and oxygen atoms in total. The second-order valence-corrected chi connectivity index (χ2v) is 5.34. The van der Waals surface area contributed by atoms with E-state index in [1.54, 1.807) is 0 Å². The van der Waals surface area contributed by atoms with E-state index in [2.05, 4.69) is 49.6 Å². The SMILES string of the molecule is Cc1cc(C)cc(CNC2(C)CCNC2)c1. The van der Waals surface area contributed by atoms with Gasteiger partial charge in [-0.2, -0.15) is 0 Å². The number of benzene rings is 1. The number of rotatable bonds is 3. The summed E-state index contributed by atoms with van der Waals surface area (Å²) in [5, 5.41) is 7.08. The molecule has 1 aliphatic heterocycles. The van der Waals surface area contributed by atoms with Crippen molar-refractivity contribution in [3.63, 3.8) is 0 Å². The third-order valence-electron chi connectivity index (χ3n) is 3.37. The minimum Gasteiger partial charge on any atom is -0.315 e. The van der Waals surface area contributed by atoms with Crippen LogP contribution in [-0.2, 0) is 6.54 Å². The van der Waals surface area contributed by atoms with Crippen LogP contribution in [0.4, 0.5) is 0 Å². The Labute approximate surface area is 98.4 Å². The third kappa shape index (κ3) is 2.83. The first-order valence-corrected chi connectivity index (χ1v) is 6.10. The number of hydrogen-bond acceptors (Lipinski definition) is 2. The van der Waals surface area contributed by atoms with E-state index >= 15 is 0 Å². The van der Waals surface area contributed by atoms with Crippen molar-refractivity contribution in [3.05, 3.63) is 34.9 Å². The van der Waals surface area contributed by atoms with Crippen molar-refractivity contribution >= 4 is 0 Å². The van der Waals surface area contributed by atoms with E-state index in [-0.39, 0.29) is 5.54 Å². The van der Waals surface area contributed by atoms with Gasteiger partial charge in [0.1, 0.15) is 0 Å². The second kappa shape index (κ2) is 4.56. The molecule has 1 atom stereocenters. The van der Waals surface area contributed by atoms with E-state index < -0.39 is 0 Å². The van der Waals surface area contributed by atoms with Crippen LogP contribution in [0.25, 0.3) is 0 Å². The Morgan fingerprint density at radius 2 is 1.94 bits per heavy atom. The third-order valence-corrected chi connectivity index (χ3v) is 3.37. The Morgan fingerprint density at radius 1 is 1.25 bits per heavy atom. The van der Waals surface area contributed by atoms with E-state index in [0.29, 0.717) is 0 Å². The monoisotopic (exact) mass is 218 g/mol. The molecule has 1 fully saturated rings. The van der Waals surface area contributed by atoms with Crippen molar-refractivity contribution in [2.45, 2.75) is 39.3 Å². The highest BCUT2D eigenvalue weighted by Gasteiger charge is 2.27. The van der Waals surface area contributed by atoms with Gasteiger partial charge in [0, 0.05) is 18.6 Å². The Balaban J connectivity index is 1.98. The topological polar surface area (TPSA) is 24.1 Å². The average molecular weight is 218 g/mol. The summed E-state index contributed by atoms with van der Waals surface area (Å²) in [6.45, 7) is 9.81. The highest BCUT2D eigenvalue weighted by molar-refractivity contribution is 5.28. The lowest BCUT2D eigenvalue weighted by Gasteiger charge is -2.24. The maximum absolute atomic E-state index is 3.67. The standard InChI is InChI=1S/C14H22N2/c1-11-6-12(2)8-13(7-11)9-16-14(3)4-5-15-10-14/h6-8,15-16H,4-5,9-10H2,1-3H3. The predicted molar refractivity (Wildman–Crippen MR) is 68.6 cm³/mol. The minimum absolute atomic E-state index is 0.275. The molecule has 1 saturated heterocycles. The molecular formula is C14H22N2. The molecule has 0 amide bonds. The molecule has 1 unspecified atom stereocenters. The van der Waals surface area contributed by atoms with Gasteiger partial charge in [-0.25, -0.2) is 0 Å². The fourth-order valence-corrected chi connectivity index (χ4v) is 2.45. The van der Waals surface area contributed by atoms with E-state index in [9.17, 15) is 0 Å². The van der Waals surface area contributed by atoms with Crippen molar-refractivity contribution in [3.8, 4) is 0 Å². The summed E-state index contributed by atoms with van der Waals surface area (Å²) in [6.07, 6.45) is 1.22. The molecule has 1 aromatic rings. The van der Waals surface area contributed by atoms with E-state index in [0.717, 1.165) is 19.6 Å². The van der Waals surface area contributed by atoms with E-state index in [4.69, 9.17) is 0 Å². The van der Waals surface area contributed by atoms with Crippen LogP contribution in [0.15, 0.2) is 18.2 Å². The lowest BCUT2D eigenvalue weighted by molar-refractivity contribution is 0.385. The summed E-state index contributed by atoms with van der Waals surface area (Å²) in [5.74, 6) is 0. The van der Waals surface area contributed by atoms with Gasteiger partial charge in [0.15, 0.2) is 0 Å². The van der Waals surface area contributed by atoms with Crippen LogP contribution in [0, 0.1) is 13.8 Å². The summed E-state index contributed by atoms with van der Waals surface area (Å²) >= 11 is 0. The Kier molecular flexibility index (Phi) is 3.31. The first-order chi connectivity index (χ1) is 7.57. The molecule has 0 radical (unpaired) electrons. The first-order valence-electron chi connectivity index (χ1n) is 6.10. The van der Waals surface area contributed by atoms with Crippen LogP contribution in [-0.4, -0.2) is 18.6 Å². The minimum atomic E-state index is 0.275. The van der Waals surface area contributed by atoms with Crippen LogP contribution in [0.3, 0.4) is 0 Å². The number of nitrogens with one attached hydrogen (secondary N) is 2. The molecule has 0 aromatic heterocycles. The summed E-state index contributed by atoms with van der Waals surface area (Å²) in [7, 11) is 0. The van der Waals surface area contributed by atoms with Crippen molar-refractivity contribution in [1.29, 1.82) is 0 Å². The second-order valence-electron chi connectivity index (χ2n) is 5.34. The number of aryl methyl sites for hydroxylation is 2. The van der Waals surface area contributed by atoms with E-state index in [1.165, 1.54) is 23.1 Å². The maximum Gasteiger partial charge on any atom is 0.0293 e. The zero-order chi connectivity index (χ0) is 11.6. The highest BCUT2D eigenvalue weighted by Crippen LogP contribution is 2.15. The molecule has 2 heteroatoms. The molecule has 0 aliphatic carbocycles. The summed E-state index contributed by atoms with van der Waals surface area (Å²) in [5.41, 5.74) is 4.38. The molecule has 1 aliphatic rings. The van der Waals surface area contributed by atoms with Crippen LogP contribution >= 0.6 is 0 Å². The average Bonchev–Trinajstić information content (AvgIpc) is 2.62. The number of hydrogen-bond donors (Lipinski definition) is 2. The molecule has 88 valence electrons. The van der Waals surface area contributed by atoms with E-state index in [1.807, 2.05) is 0 Å². The molecule has 2 N–H and O–H groups in total. The lowest BCUT2D eigenvalue weighted by Crippen LogP contribution is -2.43. The van der Waals surface area contributed by atoms with Gasteiger partial charge in [0.2, 0.25) is 0 Å². The molecule has 1 aromatic carbocycles. The Morgan fingerprint density at radius 3 is 2.50 bits per heavy atom. The van der Waals surface area contributed by atoms with Crippen LogP contribution < -0.4 is 10.6 Å². The maximum atomic E-state index is 3.67. The molecule has 1 heterocycles. The van der Waals surface area contributed by atoms with Gasteiger partial charge in [-0.15, -0.1) is 0 Å². The van der Waals surface area contributed by atoms with Crippen molar-refractivity contribution in [2.75, 3.05) is 13.1 Å². The predicted octanol–water partition coefficient (Wildman–Crippen LogP) is 2.15. The molecule has 16 heavy (non-hydrogen) atoms. The van der Waals surface area contributed by atoms with Crippen molar-refractivity contribution < 1.29 is 0 Å². The normalized spacial score (nSPS) is 24.9. The van der Waals surface area contributed by atoms with Crippen molar-refractivity contribution in [2.24, 2.45) is 0 Å². The van der Waals surface area contributed by atoms with Gasteiger partial charge in [-0.3, -0.25) is 0 Å². The van der Waals surface area contributed by atoms with Gasteiger partial charge in [0.05, 0.1) is 0 Å². The largest absolute Gasteiger partial charge is 0.315 e. The van der Waals surface area contributed by atoms with Gasteiger partial charge in [-0.05, 0) is 39.3 Å². The fourth-order valence-electron chi connectivity index (χ4n) is 2.45. The first kappa shape index (κ1) is 11.6. The Bertz CT molecular complexity index is 345. The fraction of sp³-hybridized carbons (Fsp3) is 0.571. The lowest BCUT2D eigenvalue weighted by atomic mass is 10.0. The summed E-state index contributed by atoms with van der Waals surface area (Å²) in [6, 6.07) is 6.76. The quantitative estimate of drug-likeness (QED) is 0.812. The smallest absolute Gasteiger partial charge is 0.0293 e.